The molecule has 7 nitrogen and oxygen atoms in total. The van der Waals surface area contributed by atoms with Crippen molar-refractivity contribution in [2.45, 2.75) is 17.7 Å². The van der Waals surface area contributed by atoms with Crippen molar-refractivity contribution in [3.63, 3.8) is 0 Å². The maximum Gasteiger partial charge on any atom is 0.243 e. The highest BCUT2D eigenvalue weighted by molar-refractivity contribution is 7.89. The molecule has 0 radical (unpaired) electrons. The van der Waals surface area contributed by atoms with E-state index in [1.165, 1.54) is 31.3 Å². The van der Waals surface area contributed by atoms with Crippen molar-refractivity contribution < 1.29 is 26.8 Å². The molecule has 2 aromatic rings. The van der Waals surface area contributed by atoms with Crippen molar-refractivity contribution in [2.24, 2.45) is 0 Å². The summed E-state index contributed by atoms with van der Waals surface area (Å²) in [6.07, 6.45) is 0.688. The highest BCUT2D eigenvalue weighted by Crippen LogP contribution is 2.26. The predicted octanol–water partition coefficient (Wildman–Crippen LogP) is 2.11. The van der Waals surface area contributed by atoms with E-state index in [2.05, 4.69) is 10.6 Å². The summed E-state index contributed by atoms with van der Waals surface area (Å²) in [5.41, 5.74) is 1.27. The molecule has 148 valence electrons. The van der Waals surface area contributed by atoms with Gasteiger partial charge in [-0.25, -0.2) is 17.2 Å². The SMILES string of the molecule is CN(CC(=O)Nc1ccc(F)c(F)c1)S(=O)(=O)c1ccc2c(c1)CCC(=O)N2. The summed E-state index contributed by atoms with van der Waals surface area (Å²) in [5.74, 6) is -3.02. The molecule has 2 N–H and O–H groups in total. The third-order valence-corrected chi connectivity index (χ3v) is 6.05. The van der Waals surface area contributed by atoms with Crippen LogP contribution in [0.1, 0.15) is 12.0 Å². The van der Waals surface area contributed by atoms with Gasteiger partial charge in [0.25, 0.3) is 0 Å². The standard InChI is InChI=1S/C18H17F2N3O4S/c1-23(10-18(25)21-12-3-5-14(19)15(20)9-12)28(26,27)13-4-6-16-11(8-13)2-7-17(24)22-16/h3-6,8-9H,2,7,10H2,1H3,(H,21,25)(H,22,24). The third-order valence-electron chi connectivity index (χ3n) is 4.25. The summed E-state index contributed by atoms with van der Waals surface area (Å²) >= 11 is 0. The molecule has 0 saturated carbocycles. The normalized spacial score (nSPS) is 13.8. The third kappa shape index (κ3) is 4.18. The van der Waals surface area contributed by atoms with Gasteiger partial charge in [0.05, 0.1) is 11.4 Å². The Morgan fingerprint density at radius 2 is 1.89 bits per heavy atom. The molecule has 0 atom stereocenters. The molecule has 0 saturated heterocycles. The fourth-order valence-corrected chi connectivity index (χ4v) is 3.94. The summed E-state index contributed by atoms with van der Waals surface area (Å²) in [6, 6.07) is 7.16. The van der Waals surface area contributed by atoms with Crippen molar-refractivity contribution in [1.82, 2.24) is 4.31 Å². The number of nitrogens with zero attached hydrogens (tertiary/aromatic N) is 1. The van der Waals surface area contributed by atoms with Crippen LogP contribution in [0, 0.1) is 11.6 Å². The van der Waals surface area contributed by atoms with Crippen LogP contribution in [-0.2, 0) is 26.0 Å². The van der Waals surface area contributed by atoms with Crippen LogP contribution >= 0.6 is 0 Å². The molecular formula is C18H17F2N3O4S. The topological polar surface area (TPSA) is 95.6 Å². The Morgan fingerprint density at radius 3 is 2.61 bits per heavy atom. The zero-order valence-electron chi connectivity index (χ0n) is 14.8. The number of fused-ring (bicyclic) bond motifs is 1. The molecular weight excluding hydrogens is 392 g/mol. The lowest BCUT2D eigenvalue weighted by Gasteiger charge is -2.20. The highest BCUT2D eigenvalue weighted by Gasteiger charge is 2.25. The number of anilines is 2. The van der Waals surface area contributed by atoms with Gasteiger partial charge >= 0.3 is 0 Å². The number of carbonyl (C=O) groups is 2. The molecule has 0 bridgehead atoms. The van der Waals surface area contributed by atoms with Gasteiger partial charge in [-0.2, -0.15) is 4.31 Å². The lowest BCUT2D eigenvalue weighted by Crippen LogP contribution is -2.35. The fourth-order valence-electron chi connectivity index (χ4n) is 2.76. The first kappa shape index (κ1) is 19.9. The van der Waals surface area contributed by atoms with Crippen LogP contribution in [0.2, 0.25) is 0 Å². The Hall–Kier alpha value is -2.85. The van der Waals surface area contributed by atoms with Gasteiger partial charge in [0.15, 0.2) is 11.6 Å². The van der Waals surface area contributed by atoms with Crippen LogP contribution in [0.15, 0.2) is 41.3 Å². The molecule has 28 heavy (non-hydrogen) atoms. The minimum atomic E-state index is -3.96. The number of sulfonamides is 1. The van der Waals surface area contributed by atoms with Crippen LogP contribution < -0.4 is 10.6 Å². The molecule has 2 aromatic carbocycles. The number of likely N-dealkylation sites (N-methyl/N-ethyl adjacent to an activating group) is 1. The van der Waals surface area contributed by atoms with Crippen molar-refractivity contribution in [1.29, 1.82) is 0 Å². The maximum absolute atomic E-state index is 13.2. The van der Waals surface area contributed by atoms with Crippen LogP contribution in [0.5, 0.6) is 0 Å². The number of hydrogen-bond donors (Lipinski definition) is 2. The monoisotopic (exact) mass is 409 g/mol. The van der Waals surface area contributed by atoms with Crippen molar-refractivity contribution in [2.75, 3.05) is 24.2 Å². The first-order chi connectivity index (χ1) is 13.2. The van der Waals surface area contributed by atoms with E-state index in [4.69, 9.17) is 0 Å². The van der Waals surface area contributed by atoms with E-state index in [-0.39, 0.29) is 22.9 Å². The molecule has 1 aliphatic rings. The zero-order chi connectivity index (χ0) is 20.5. The minimum Gasteiger partial charge on any atom is -0.326 e. The molecule has 1 aliphatic heterocycles. The maximum atomic E-state index is 13.2. The van der Waals surface area contributed by atoms with Gasteiger partial charge < -0.3 is 10.6 Å². The van der Waals surface area contributed by atoms with Gasteiger partial charge in [0.1, 0.15) is 0 Å². The number of halogens is 2. The average molecular weight is 409 g/mol. The first-order valence-corrected chi connectivity index (χ1v) is 9.75. The Bertz CT molecular complexity index is 1060. The quantitative estimate of drug-likeness (QED) is 0.791. The fraction of sp³-hybridized carbons (Fsp3) is 0.222. The Labute approximate surface area is 160 Å². The smallest absolute Gasteiger partial charge is 0.243 e. The van der Waals surface area contributed by atoms with Crippen molar-refractivity contribution >= 4 is 33.2 Å². The van der Waals surface area contributed by atoms with E-state index < -0.39 is 34.1 Å². The van der Waals surface area contributed by atoms with Crippen molar-refractivity contribution in [3.05, 3.63) is 53.6 Å². The van der Waals surface area contributed by atoms with Gasteiger partial charge in [0.2, 0.25) is 21.8 Å². The zero-order valence-corrected chi connectivity index (χ0v) is 15.6. The summed E-state index contributed by atoms with van der Waals surface area (Å²) in [5, 5.41) is 4.99. The summed E-state index contributed by atoms with van der Waals surface area (Å²) < 4.78 is 52.4. The number of rotatable bonds is 5. The molecule has 1 heterocycles. The van der Waals surface area contributed by atoms with Crippen LogP contribution in [0.4, 0.5) is 20.2 Å². The van der Waals surface area contributed by atoms with E-state index in [1.807, 2.05) is 0 Å². The highest BCUT2D eigenvalue weighted by atomic mass is 32.2. The summed E-state index contributed by atoms with van der Waals surface area (Å²) in [4.78, 5) is 23.5. The summed E-state index contributed by atoms with van der Waals surface area (Å²) in [6.45, 7) is -0.519. The molecule has 0 aromatic heterocycles. The second-order valence-corrected chi connectivity index (χ2v) is 8.35. The molecule has 0 unspecified atom stereocenters. The number of carbonyl (C=O) groups excluding carboxylic acids is 2. The van der Waals surface area contributed by atoms with Crippen LogP contribution in [0.3, 0.4) is 0 Å². The number of aryl methyl sites for hydroxylation is 1. The first-order valence-electron chi connectivity index (χ1n) is 8.31. The Kier molecular flexibility index (Phi) is 5.43. The molecule has 3 rings (SSSR count). The van der Waals surface area contributed by atoms with Crippen LogP contribution in [-0.4, -0.2) is 38.1 Å². The van der Waals surface area contributed by atoms with E-state index in [0.29, 0.717) is 17.7 Å². The number of amides is 2. The number of benzene rings is 2. The van der Waals surface area contributed by atoms with Gasteiger partial charge in [-0.1, -0.05) is 0 Å². The summed E-state index contributed by atoms with van der Waals surface area (Å²) in [7, 11) is -2.73. The Morgan fingerprint density at radius 1 is 1.14 bits per heavy atom. The Balaban J connectivity index is 1.72. The average Bonchev–Trinajstić information content (AvgIpc) is 2.64. The van der Waals surface area contributed by atoms with Gasteiger partial charge in [0, 0.05) is 30.9 Å². The van der Waals surface area contributed by atoms with Gasteiger partial charge in [-0.15, -0.1) is 0 Å². The van der Waals surface area contributed by atoms with Crippen molar-refractivity contribution in [3.8, 4) is 0 Å². The molecule has 0 fully saturated rings. The second-order valence-electron chi connectivity index (χ2n) is 6.31. The number of nitrogens with one attached hydrogen (secondary N) is 2. The van der Waals surface area contributed by atoms with E-state index in [1.54, 1.807) is 0 Å². The van der Waals surface area contributed by atoms with Gasteiger partial charge in [-0.3, -0.25) is 9.59 Å². The largest absolute Gasteiger partial charge is 0.326 e. The van der Waals surface area contributed by atoms with E-state index in [0.717, 1.165) is 16.4 Å². The molecule has 10 heteroatoms. The molecule has 2 amide bonds. The lowest BCUT2D eigenvalue weighted by molar-refractivity contribution is -0.117. The number of hydrogen-bond acceptors (Lipinski definition) is 4. The second kappa shape index (κ2) is 7.64. The lowest BCUT2D eigenvalue weighted by atomic mass is 10.0. The predicted molar refractivity (Wildman–Crippen MR) is 98.2 cm³/mol. The minimum absolute atomic E-state index is 0.00877. The molecule has 0 aliphatic carbocycles. The van der Waals surface area contributed by atoms with Crippen LogP contribution in [0.25, 0.3) is 0 Å². The molecule has 0 spiro atoms. The van der Waals surface area contributed by atoms with E-state index in [9.17, 15) is 26.8 Å². The van der Waals surface area contributed by atoms with Gasteiger partial charge in [-0.05, 0) is 42.3 Å². The van der Waals surface area contributed by atoms with E-state index >= 15 is 0 Å².